The van der Waals surface area contributed by atoms with Gasteiger partial charge < -0.3 is 5.73 Å². The minimum atomic E-state index is 0.0955. The molecule has 0 aliphatic carbocycles. The van der Waals surface area contributed by atoms with Gasteiger partial charge in [0.25, 0.3) is 0 Å². The molecule has 2 aromatic rings. The molecule has 0 spiro atoms. The third-order valence-corrected chi connectivity index (χ3v) is 2.94. The van der Waals surface area contributed by atoms with Gasteiger partial charge in [0, 0.05) is 9.13 Å². The summed E-state index contributed by atoms with van der Waals surface area (Å²) in [7, 11) is 0. The van der Waals surface area contributed by atoms with Gasteiger partial charge in [0.2, 0.25) is 0 Å². The van der Waals surface area contributed by atoms with Gasteiger partial charge in [-0.25, -0.2) is 0 Å². The summed E-state index contributed by atoms with van der Waals surface area (Å²) in [6.45, 7) is 0. The minimum Gasteiger partial charge on any atom is -0.384 e. The Labute approximate surface area is 108 Å². The summed E-state index contributed by atoms with van der Waals surface area (Å²) in [6, 6.07) is 16.8. The molecule has 0 unspecified atom stereocenters. The van der Waals surface area contributed by atoms with E-state index in [1.165, 1.54) is 3.57 Å². The molecule has 1 radical (unpaired) electrons. The maximum absolute atomic E-state index is 7.31. The highest BCUT2D eigenvalue weighted by Gasteiger charge is 2.00. The van der Waals surface area contributed by atoms with Gasteiger partial charge in [0.05, 0.1) is 0 Å². The second-order valence-electron chi connectivity index (χ2n) is 3.41. The van der Waals surface area contributed by atoms with Crippen molar-refractivity contribution in [3.8, 4) is 11.1 Å². The number of halogens is 1. The van der Waals surface area contributed by atoms with Crippen molar-refractivity contribution in [2.24, 2.45) is 5.73 Å². The van der Waals surface area contributed by atoms with Crippen LogP contribution in [0.2, 0.25) is 0 Å². The van der Waals surface area contributed by atoms with Crippen LogP contribution in [0.4, 0.5) is 0 Å². The predicted octanol–water partition coefficient (Wildman–Crippen LogP) is 3.04. The van der Waals surface area contributed by atoms with E-state index in [4.69, 9.17) is 11.1 Å². The van der Waals surface area contributed by atoms with E-state index in [9.17, 15) is 0 Å². The lowest BCUT2D eigenvalue weighted by Crippen LogP contribution is -2.10. The van der Waals surface area contributed by atoms with Gasteiger partial charge in [0.15, 0.2) is 0 Å². The maximum atomic E-state index is 7.31. The fourth-order valence-corrected chi connectivity index (χ4v) is 1.93. The molecule has 0 atom stereocenters. The molecule has 2 aromatic carbocycles. The van der Waals surface area contributed by atoms with Crippen LogP contribution in [0.3, 0.4) is 0 Å². The van der Waals surface area contributed by atoms with Gasteiger partial charge >= 0.3 is 0 Å². The fourth-order valence-electron chi connectivity index (χ4n) is 1.43. The summed E-state index contributed by atoms with van der Waals surface area (Å²) in [5.74, 6) is 0.0955. The van der Waals surface area contributed by atoms with E-state index in [-0.39, 0.29) is 5.84 Å². The molecule has 3 N–H and O–H groups in total. The normalized spacial score (nSPS) is 10.1. The average molecular weight is 321 g/mol. The minimum absolute atomic E-state index is 0.0955. The van der Waals surface area contributed by atoms with E-state index >= 15 is 0 Å². The summed E-state index contributed by atoms with van der Waals surface area (Å²) >= 11 is 2.28. The van der Waals surface area contributed by atoms with Crippen LogP contribution in [0.25, 0.3) is 11.1 Å². The number of hydrogen-bond acceptors (Lipinski definition) is 1. The van der Waals surface area contributed by atoms with Crippen LogP contribution >= 0.6 is 22.6 Å². The van der Waals surface area contributed by atoms with Crippen molar-refractivity contribution in [1.82, 2.24) is 0 Å². The zero-order chi connectivity index (χ0) is 11.5. The molecule has 0 aromatic heterocycles. The maximum Gasteiger partial charge on any atom is 0.122 e. The van der Waals surface area contributed by atoms with E-state index in [0.717, 1.165) is 16.7 Å². The first kappa shape index (κ1) is 11.1. The smallest absolute Gasteiger partial charge is 0.122 e. The highest BCUT2D eigenvalue weighted by atomic mass is 127. The molecule has 0 saturated carbocycles. The van der Waals surface area contributed by atoms with Crippen LogP contribution in [-0.4, -0.2) is 5.84 Å². The standard InChI is InChI=1S/C13H10IN2/c14-12-3-1-2-11(8-12)9-4-6-10(7-5-9)13(15)16/h1,3-8H,(H3,15,16). The third kappa shape index (κ3) is 2.41. The predicted molar refractivity (Wildman–Crippen MR) is 74.4 cm³/mol. The Morgan fingerprint density at radius 2 is 1.88 bits per heavy atom. The van der Waals surface area contributed by atoms with E-state index < -0.39 is 0 Å². The van der Waals surface area contributed by atoms with Gasteiger partial charge in [0.1, 0.15) is 5.84 Å². The molecule has 0 saturated heterocycles. The molecule has 0 heterocycles. The van der Waals surface area contributed by atoms with Crippen LogP contribution in [0.15, 0.2) is 42.5 Å². The Kier molecular flexibility index (Phi) is 3.24. The zero-order valence-electron chi connectivity index (χ0n) is 8.50. The third-order valence-electron chi connectivity index (χ3n) is 2.27. The molecule has 3 heteroatoms. The van der Waals surface area contributed by atoms with Crippen molar-refractivity contribution in [3.63, 3.8) is 0 Å². The summed E-state index contributed by atoms with van der Waals surface area (Å²) < 4.78 is 1.18. The number of hydrogen-bond donors (Lipinski definition) is 2. The number of nitrogens with two attached hydrogens (primary N) is 1. The van der Waals surface area contributed by atoms with Crippen molar-refractivity contribution in [3.05, 3.63) is 57.7 Å². The lowest BCUT2D eigenvalue weighted by atomic mass is 10.0. The second kappa shape index (κ2) is 4.65. The Morgan fingerprint density at radius 1 is 1.19 bits per heavy atom. The molecular weight excluding hydrogens is 311 g/mol. The Hall–Kier alpha value is -1.36. The number of nitrogen functional groups attached to an aromatic ring is 1. The van der Waals surface area contributed by atoms with Gasteiger partial charge in [-0.05, 0) is 51.9 Å². The molecular formula is C13H10IN2. The number of benzene rings is 2. The molecule has 0 amide bonds. The molecule has 0 fully saturated rings. The summed E-state index contributed by atoms with van der Waals surface area (Å²) in [6.07, 6.45) is 0. The fraction of sp³-hybridized carbons (Fsp3) is 0. The van der Waals surface area contributed by atoms with Crippen LogP contribution in [-0.2, 0) is 0 Å². The molecule has 0 bridgehead atoms. The van der Waals surface area contributed by atoms with Crippen molar-refractivity contribution in [2.75, 3.05) is 0 Å². The first-order valence-electron chi connectivity index (χ1n) is 4.79. The van der Waals surface area contributed by atoms with Crippen molar-refractivity contribution in [1.29, 1.82) is 5.41 Å². The van der Waals surface area contributed by atoms with Crippen LogP contribution in [0.5, 0.6) is 0 Å². The van der Waals surface area contributed by atoms with Crippen LogP contribution in [0.1, 0.15) is 5.56 Å². The van der Waals surface area contributed by atoms with Crippen LogP contribution in [0, 0.1) is 15.0 Å². The van der Waals surface area contributed by atoms with Gasteiger partial charge in [-0.2, -0.15) is 0 Å². The first-order valence-corrected chi connectivity index (χ1v) is 5.87. The highest BCUT2D eigenvalue weighted by molar-refractivity contribution is 14.1. The molecule has 2 rings (SSSR count). The molecule has 79 valence electrons. The Bertz CT molecular complexity index is 518. The van der Waals surface area contributed by atoms with E-state index in [2.05, 4.69) is 34.7 Å². The molecule has 0 aliphatic heterocycles. The molecule has 16 heavy (non-hydrogen) atoms. The number of rotatable bonds is 2. The van der Waals surface area contributed by atoms with E-state index in [1.54, 1.807) is 0 Å². The summed E-state index contributed by atoms with van der Waals surface area (Å²) in [4.78, 5) is 0. The monoisotopic (exact) mass is 321 g/mol. The van der Waals surface area contributed by atoms with Gasteiger partial charge in [-0.15, -0.1) is 0 Å². The molecule has 2 nitrogen and oxygen atoms in total. The first-order chi connectivity index (χ1) is 7.66. The zero-order valence-corrected chi connectivity index (χ0v) is 10.7. The van der Waals surface area contributed by atoms with Crippen LogP contribution < -0.4 is 5.73 Å². The SMILES string of the molecule is N=C(N)c1ccc(-c2[c]ccc(I)c2)cc1. The summed E-state index contributed by atoms with van der Waals surface area (Å²) in [5, 5.41) is 7.31. The van der Waals surface area contributed by atoms with Gasteiger partial charge in [-0.3, -0.25) is 5.41 Å². The average Bonchev–Trinajstić information content (AvgIpc) is 2.29. The Balaban J connectivity index is 2.38. The number of amidine groups is 1. The highest BCUT2D eigenvalue weighted by Crippen LogP contribution is 2.21. The van der Waals surface area contributed by atoms with E-state index in [1.807, 2.05) is 36.4 Å². The van der Waals surface area contributed by atoms with Crippen molar-refractivity contribution < 1.29 is 0 Å². The topological polar surface area (TPSA) is 49.9 Å². The van der Waals surface area contributed by atoms with Crippen molar-refractivity contribution in [2.45, 2.75) is 0 Å². The number of nitrogens with one attached hydrogen (secondary N) is 1. The second-order valence-corrected chi connectivity index (χ2v) is 4.66. The lowest BCUT2D eigenvalue weighted by Gasteiger charge is -2.03. The Morgan fingerprint density at radius 3 is 2.44 bits per heavy atom. The quantitative estimate of drug-likeness (QED) is 0.499. The van der Waals surface area contributed by atoms with E-state index in [0.29, 0.717) is 0 Å². The molecule has 0 aliphatic rings. The van der Waals surface area contributed by atoms with Gasteiger partial charge in [-0.1, -0.05) is 30.3 Å². The lowest BCUT2D eigenvalue weighted by molar-refractivity contribution is 1.42. The largest absolute Gasteiger partial charge is 0.384 e. The summed E-state index contributed by atoms with van der Waals surface area (Å²) in [5.41, 5.74) is 8.29. The van der Waals surface area contributed by atoms with Crippen molar-refractivity contribution >= 4 is 28.4 Å².